The first-order valence-electron chi connectivity index (χ1n) is 9.12. The van der Waals surface area contributed by atoms with E-state index < -0.39 is 0 Å². The number of nitrogens with zero attached hydrogens (tertiary/aromatic N) is 2. The molecule has 0 unspecified atom stereocenters. The third-order valence-corrected chi connectivity index (χ3v) is 5.12. The maximum Gasteiger partial charge on any atom is 0.311 e. The minimum Gasteiger partial charge on any atom is -0.466 e. The highest BCUT2D eigenvalue weighted by Crippen LogP contribution is 2.25. The number of thiazole rings is 1. The van der Waals surface area contributed by atoms with Gasteiger partial charge in [0.15, 0.2) is 0 Å². The van der Waals surface area contributed by atoms with Crippen LogP contribution < -0.4 is 5.43 Å². The summed E-state index contributed by atoms with van der Waals surface area (Å²) in [5, 5.41) is 6.79. The summed E-state index contributed by atoms with van der Waals surface area (Å²) in [6.07, 6.45) is 1.96. The Labute approximate surface area is 169 Å². The molecule has 0 atom stereocenters. The molecule has 0 aliphatic heterocycles. The van der Waals surface area contributed by atoms with Crippen molar-refractivity contribution in [2.24, 2.45) is 5.10 Å². The molecule has 6 heteroatoms. The predicted molar refractivity (Wildman–Crippen MR) is 115 cm³/mol. The molecule has 144 valence electrons. The molecule has 1 N–H and O–H groups in total. The van der Waals surface area contributed by atoms with Crippen molar-refractivity contribution in [3.8, 4) is 11.1 Å². The molecule has 3 aromatic rings. The molecule has 5 nitrogen and oxygen atoms in total. The first kappa shape index (κ1) is 19.8. The molecule has 0 aliphatic carbocycles. The minimum absolute atomic E-state index is 0.172. The summed E-state index contributed by atoms with van der Waals surface area (Å²) in [6, 6.07) is 14.6. The largest absolute Gasteiger partial charge is 0.466 e. The molecule has 28 heavy (non-hydrogen) atoms. The number of nitrogens with one attached hydrogen (secondary N) is 1. The van der Waals surface area contributed by atoms with Crippen molar-refractivity contribution in [3.63, 3.8) is 0 Å². The zero-order chi connectivity index (χ0) is 19.9. The maximum atomic E-state index is 11.5. The molecule has 0 amide bonds. The van der Waals surface area contributed by atoms with E-state index in [1.807, 2.05) is 23.6 Å². The number of hydrazone groups is 1. The van der Waals surface area contributed by atoms with Crippen LogP contribution in [0.5, 0.6) is 0 Å². The summed E-state index contributed by atoms with van der Waals surface area (Å²) < 4.78 is 4.94. The second-order valence-electron chi connectivity index (χ2n) is 6.38. The van der Waals surface area contributed by atoms with Crippen molar-refractivity contribution in [1.82, 2.24) is 4.98 Å². The number of aromatic nitrogens is 1. The number of rotatable bonds is 7. The molecule has 3 rings (SSSR count). The number of benzene rings is 2. The second-order valence-corrected chi connectivity index (χ2v) is 7.24. The number of anilines is 1. The fourth-order valence-electron chi connectivity index (χ4n) is 2.74. The van der Waals surface area contributed by atoms with Crippen LogP contribution in [-0.2, 0) is 16.0 Å². The molecule has 1 heterocycles. The quantitative estimate of drug-likeness (QED) is 0.349. The lowest BCUT2D eigenvalue weighted by atomic mass is 9.97. The van der Waals surface area contributed by atoms with E-state index in [2.05, 4.69) is 53.6 Å². The molecule has 1 aromatic heterocycles. The molecule has 2 aromatic carbocycles. The maximum absolute atomic E-state index is 11.5. The van der Waals surface area contributed by atoms with E-state index in [9.17, 15) is 4.79 Å². The molecular weight excluding hydrogens is 370 g/mol. The second kappa shape index (κ2) is 9.28. The standard InChI is InChI=1S/C22H23N3O2S/c1-4-27-21(26)12-19-14-28-22(24-19)25-23-13-18-7-5-6-8-20(18)17-10-9-15(2)16(3)11-17/h5-11,13-14H,4,12H2,1-3H3,(H,24,25). The van der Waals surface area contributed by atoms with Crippen molar-refractivity contribution in [3.05, 3.63) is 70.2 Å². The molecule has 0 fully saturated rings. The van der Waals surface area contributed by atoms with Gasteiger partial charge >= 0.3 is 5.97 Å². The summed E-state index contributed by atoms with van der Waals surface area (Å²) in [5.41, 5.74) is 9.46. The normalized spacial score (nSPS) is 11.0. The van der Waals surface area contributed by atoms with Crippen LogP contribution in [0.15, 0.2) is 52.9 Å². The van der Waals surface area contributed by atoms with Crippen LogP contribution in [0.4, 0.5) is 5.13 Å². The van der Waals surface area contributed by atoms with E-state index >= 15 is 0 Å². The van der Waals surface area contributed by atoms with Gasteiger partial charge in [-0.25, -0.2) is 4.98 Å². The van der Waals surface area contributed by atoms with Crippen LogP contribution in [0.3, 0.4) is 0 Å². The van der Waals surface area contributed by atoms with Gasteiger partial charge < -0.3 is 4.74 Å². The lowest BCUT2D eigenvalue weighted by molar-refractivity contribution is -0.142. The van der Waals surface area contributed by atoms with E-state index in [1.165, 1.54) is 22.5 Å². The number of carbonyl (C=O) groups excluding carboxylic acids is 1. The highest BCUT2D eigenvalue weighted by Gasteiger charge is 2.08. The Morgan fingerprint density at radius 3 is 2.82 bits per heavy atom. The molecule has 0 saturated heterocycles. The van der Waals surface area contributed by atoms with Gasteiger partial charge in [0.05, 0.1) is 24.9 Å². The number of ether oxygens (including phenoxy) is 1. The van der Waals surface area contributed by atoms with Crippen LogP contribution in [0.25, 0.3) is 11.1 Å². The third kappa shape index (κ3) is 5.04. The number of hydrogen-bond donors (Lipinski definition) is 1. The lowest BCUT2D eigenvalue weighted by Crippen LogP contribution is -2.07. The van der Waals surface area contributed by atoms with Crippen LogP contribution in [-0.4, -0.2) is 23.8 Å². The van der Waals surface area contributed by atoms with Crippen molar-refractivity contribution >= 4 is 28.7 Å². The Morgan fingerprint density at radius 2 is 2.04 bits per heavy atom. The van der Waals surface area contributed by atoms with E-state index in [1.54, 1.807) is 13.1 Å². The average molecular weight is 394 g/mol. The van der Waals surface area contributed by atoms with Crippen molar-refractivity contribution in [2.45, 2.75) is 27.2 Å². The Kier molecular flexibility index (Phi) is 6.55. The molecule has 0 aliphatic rings. The van der Waals surface area contributed by atoms with Crippen molar-refractivity contribution < 1.29 is 9.53 Å². The van der Waals surface area contributed by atoms with Gasteiger partial charge in [0.25, 0.3) is 0 Å². The summed E-state index contributed by atoms with van der Waals surface area (Å²) >= 11 is 1.41. The Balaban J connectivity index is 1.71. The fraction of sp³-hybridized carbons (Fsp3) is 0.227. The van der Waals surface area contributed by atoms with E-state index in [0.717, 1.165) is 16.7 Å². The Morgan fingerprint density at radius 1 is 1.21 bits per heavy atom. The topological polar surface area (TPSA) is 63.6 Å². The first-order valence-corrected chi connectivity index (χ1v) is 10.0. The smallest absolute Gasteiger partial charge is 0.311 e. The van der Waals surface area contributed by atoms with Gasteiger partial charge in [-0.15, -0.1) is 11.3 Å². The Hall–Kier alpha value is -2.99. The first-order chi connectivity index (χ1) is 13.6. The van der Waals surface area contributed by atoms with Gasteiger partial charge in [0, 0.05) is 10.9 Å². The summed E-state index contributed by atoms with van der Waals surface area (Å²) in [5.74, 6) is -0.273. The SMILES string of the molecule is CCOC(=O)Cc1csc(NN=Cc2ccccc2-c2ccc(C)c(C)c2)n1. The van der Waals surface area contributed by atoms with Crippen LogP contribution in [0, 0.1) is 13.8 Å². The lowest BCUT2D eigenvalue weighted by Gasteiger charge is -2.08. The van der Waals surface area contributed by atoms with Crippen molar-refractivity contribution in [2.75, 3.05) is 12.0 Å². The van der Waals surface area contributed by atoms with Gasteiger partial charge in [-0.3, -0.25) is 10.2 Å². The highest BCUT2D eigenvalue weighted by molar-refractivity contribution is 7.13. The number of esters is 1. The minimum atomic E-state index is -0.273. The molecule has 0 spiro atoms. The molecule has 0 bridgehead atoms. The molecule has 0 radical (unpaired) electrons. The zero-order valence-electron chi connectivity index (χ0n) is 16.2. The van der Waals surface area contributed by atoms with Gasteiger partial charge in [0.1, 0.15) is 0 Å². The molecule has 0 saturated carbocycles. The summed E-state index contributed by atoms with van der Waals surface area (Å²) in [6.45, 7) is 6.39. The van der Waals surface area contributed by atoms with E-state index in [4.69, 9.17) is 4.74 Å². The number of carbonyl (C=O) groups is 1. The van der Waals surface area contributed by atoms with E-state index in [0.29, 0.717) is 17.4 Å². The zero-order valence-corrected chi connectivity index (χ0v) is 17.0. The monoisotopic (exact) mass is 393 g/mol. The molecular formula is C22H23N3O2S. The van der Waals surface area contributed by atoms with Crippen LogP contribution in [0.2, 0.25) is 0 Å². The van der Waals surface area contributed by atoms with E-state index in [-0.39, 0.29) is 12.4 Å². The highest BCUT2D eigenvalue weighted by atomic mass is 32.1. The predicted octanol–water partition coefficient (Wildman–Crippen LogP) is 4.98. The third-order valence-electron chi connectivity index (χ3n) is 4.33. The Bertz CT molecular complexity index is 995. The van der Waals surface area contributed by atoms with Crippen molar-refractivity contribution in [1.29, 1.82) is 0 Å². The van der Waals surface area contributed by atoms with Gasteiger partial charge in [-0.1, -0.05) is 42.5 Å². The summed E-state index contributed by atoms with van der Waals surface area (Å²) in [4.78, 5) is 15.9. The van der Waals surface area contributed by atoms with Gasteiger partial charge in [-0.05, 0) is 43.0 Å². The number of hydrogen-bond acceptors (Lipinski definition) is 6. The number of aryl methyl sites for hydroxylation is 2. The van der Waals surface area contributed by atoms with Crippen LogP contribution >= 0.6 is 11.3 Å². The van der Waals surface area contributed by atoms with Gasteiger partial charge in [-0.2, -0.15) is 5.10 Å². The van der Waals surface area contributed by atoms with Crippen LogP contribution in [0.1, 0.15) is 29.3 Å². The van der Waals surface area contributed by atoms with Gasteiger partial charge in [0.2, 0.25) is 5.13 Å². The average Bonchev–Trinajstić information content (AvgIpc) is 3.12. The summed E-state index contributed by atoms with van der Waals surface area (Å²) in [7, 11) is 0. The fourth-order valence-corrected chi connectivity index (χ4v) is 3.40.